The lowest BCUT2D eigenvalue weighted by molar-refractivity contribution is -0.105. The molecule has 0 amide bonds. The molecule has 1 spiro atoms. The Kier molecular flexibility index (Phi) is 4.42. The predicted molar refractivity (Wildman–Crippen MR) is 75.4 cm³/mol. The number of piperazine rings is 1. The molecule has 0 bridgehead atoms. The number of nitrogens with one attached hydrogen (secondary N) is 1. The molecule has 0 aromatic rings. The van der Waals surface area contributed by atoms with Crippen LogP contribution in [0.25, 0.3) is 0 Å². The average Bonchev–Trinajstić information content (AvgIpc) is 2.88. The Morgan fingerprint density at radius 1 is 1.26 bits per heavy atom. The molecule has 0 aromatic carbocycles. The maximum Gasteiger partial charge on any atom is 0.0936 e. The van der Waals surface area contributed by atoms with E-state index < -0.39 is 0 Å². The van der Waals surface area contributed by atoms with Gasteiger partial charge in [-0.05, 0) is 19.3 Å². The smallest absolute Gasteiger partial charge is 0.0936 e. The van der Waals surface area contributed by atoms with Crippen molar-refractivity contribution in [3.8, 4) is 0 Å². The van der Waals surface area contributed by atoms with E-state index in [2.05, 4.69) is 17.1 Å². The minimum Gasteiger partial charge on any atom is -0.376 e. The van der Waals surface area contributed by atoms with Gasteiger partial charge in [-0.1, -0.05) is 19.8 Å². The largest absolute Gasteiger partial charge is 0.376 e. The van der Waals surface area contributed by atoms with Crippen molar-refractivity contribution < 1.29 is 9.47 Å². The van der Waals surface area contributed by atoms with Crippen molar-refractivity contribution >= 4 is 0 Å². The van der Waals surface area contributed by atoms with Gasteiger partial charge in [-0.2, -0.15) is 0 Å². The monoisotopic (exact) mass is 268 g/mol. The van der Waals surface area contributed by atoms with Gasteiger partial charge in [-0.15, -0.1) is 0 Å². The summed E-state index contributed by atoms with van der Waals surface area (Å²) in [6.07, 6.45) is 6.97. The fraction of sp³-hybridized carbons (Fsp3) is 1.00. The van der Waals surface area contributed by atoms with Crippen molar-refractivity contribution in [2.45, 2.75) is 56.7 Å². The third kappa shape index (κ3) is 3.13. The number of hydrogen-bond donors (Lipinski definition) is 1. The van der Waals surface area contributed by atoms with Gasteiger partial charge in [0.1, 0.15) is 0 Å². The zero-order chi connectivity index (χ0) is 13.1. The molecule has 1 N–H and O–H groups in total. The van der Waals surface area contributed by atoms with Crippen LogP contribution in [-0.4, -0.2) is 62.0 Å². The molecular formula is C15H28N2O2. The Morgan fingerprint density at radius 3 is 2.79 bits per heavy atom. The van der Waals surface area contributed by atoms with Crippen LogP contribution in [0.2, 0.25) is 0 Å². The zero-order valence-electron chi connectivity index (χ0n) is 12.2. The van der Waals surface area contributed by atoms with Crippen molar-refractivity contribution in [1.29, 1.82) is 0 Å². The van der Waals surface area contributed by atoms with Crippen LogP contribution in [0.3, 0.4) is 0 Å². The van der Waals surface area contributed by atoms with E-state index >= 15 is 0 Å². The molecule has 2 saturated heterocycles. The first-order valence-corrected chi connectivity index (χ1v) is 8.00. The van der Waals surface area contributed by atoms with Gasteiger partial charge in [0.2, 0.25) is 0 Å². The first-order valence-electron chi connectivity index (χ1n) is 8.00. The summed E-state index contributed by atoms with van der Waals surface area (Å²) in [5.74, 6) is 0. The Bertz CT molecular complexity index is 286. The number of ether oxygens (including phenoxy) is 2. The Hall–Kier alpha value is -0.160. The molecule has 110 valence electrons. The summed E-state index contributed by atoms with van der Waals surface area (Å²) in [5, 5.41) is 3.85. The quantitative estimate of drug-likeness (QED) is 0.839. The van der Waals surface area contributed by atoms with E-state index in [1.165, 1.54) is 38.6 Å². The molecule has 2 unspecified atom stereocenters. The summed E-state index contributed by atoms with van der Waals surface area (Å²) in [6, 6.07) is 0.664. The minimum atomic E-state index is 0.277. The van der Waals surface area contributed by atoms with Gasteiger partial charge < -0.3 is 14.8 Å². The topological polar surface area (TPSA) is 33.7 Å². The van der Waals surface area contributed by atoms with Crippen LogP contribution in [0, 0.1) is 0 Å². The van der Waals surface area contributed by atoms with Crippen molar-refractivity contribution in [3.63, 3.8) is 0 Å². The molecule has 0 radical (unpaired) electrons. The molecule has 2 atom stereocenters. The van der Waals surface area contributed by atoms with Crippen molar-refractivity contribution in [1.82, 2.24) is 10.2 Å². The predicted octanol–water partition coefficient (Wildman–Crippen LogP) is 1.40. The highest BCUT2D eigenvalue weighted by molar-refractivity contribution is 5.01. The van der Waals surface area contributed by atoms with E-state index in [1.807, 2.05) is 0 Å². The number of rotatable bonds is 3. The van der Waals surface area contributed by atoms with E-state index in [1.54, 1.807) is 0 Å². The van der Waals surface area contributed by atoms with E-state index in [4.69, 9.17) is 9.47 Å². The molecular weight excluding hydrogens is 240 g/mol. The van der Waals surface area contributed by atoms with E-state index in [0.717, 1.165) is 32.9 Å². The Balaban J connectivity index is 1.61. The molecule has 19 heavy (non-hydrogen) atoms. The molecule has 3 aliphatic rings. The Labute approximate surface area is 116 Å². The molecule has 1 saturated carbocycles. The summed E-state index contributed by atoms with van der Waals surface area (Å²) in [5.41, 5.74) is 0.404. The zero-order valence-corrected chi connectivity index (χ0v) is 12.2. The second-order valence-electron chi connectivity index (χ2n) is 6.43. The Morgan fingerprint density at radius 2 is 2.11 bits per heavy atom. The fourth-order valence-corrected chi connectivity index (χ4v) is 3.94. The average molecular weight is 268 g/mol. The van der Waals surface area contributed by atoms with Crippen molar-refractivity contribution in [3.05, 3.63) is 0 Å². The minimum absolute atomic E-state index is 0.277. The van der Waals surface area contributed by atoms with E-state index in [0.29, 0.717) is 11.6 Å². The van der Waals surface area contributed by atoms with Crippen molar-refractivity contribution in [2.75, 3.05) is 39.5 Å². The van der Waals surface area contributed by atoms with Gasteiger partial charge in [0.25, 0.3) is 0 Å². The van der Waals surface area contributed by atoms with Crippen LogP contribution in [0.4, 0.5) is 0 Å². The van der Waals surface area contributed by atoms with Gasteiger partial charge in [0, 0.05) is 31.2 Å². The summed E-state index contributed by atoms with van der Waals surface area (Å²) in [7, 11) is 0. The van der Waals surface area contributed by atoms with Gasteiger partial charge in [0.15, 0.2) is 0 Å². The molecule has 1 aliphatic carbocycles. The summed E-state index contributed by atoms with van der Waals surface area (Å²) in [6.45, 7) is 7.98. The third-order valence-corrected chi connectivity index (χ3v) is 5.09. The second kappa shape index (κ2) is 6.08. The standard InChI is InChI=1S/C15H28N2O2/c1-2-13-9-16-15(5-3-4-6-15)12-17(13)10-14-11-18-7-8-19-14/h13-14,16H,2-12H2,1H3. The molecule has 3 fully saturated rings. The highest BCUT2D eigenvalue weighted by Crippen LogP contribution is 2.33. The highest BCUT2D eigenvalue weighted by atomic mass is 16.6. The van der Waals surface area contributed by atoms with Crippen LogP contribution >= 0.6 is 0 Å². The molecule has 0 aromatic heterocycles. The lowest BCUT2D eigenvalue weighted by Gasteiger charge is -2.47. The first-order chi connectivity index (χ1) is 9.31. The van der Waals surface area contributed by atoms with Crippen LogP contribution in [0.15, 0.2) is 0 Å². The maximum absolute atomic E-state index is 5.84. The normalized spacial score (nSPS) is 35.8. The summed E-state index contributed by atoms with van der Waals surface area (Å²) < 4.78 is 11.4. The van der Waals surface area contributed by atoms with Crippen LogP contribution < -0.4 is 5.32 Å². The number of nitrogens with zero attached hydrogens (tertiary/aromatic N) is 1. The lowest BCUT2D eigenvalue weighted by Crippen LogP contribution is -2.64. The van der Waals surface area contributed by atoms with Gasteiger partial charge in [0.05, 0.1) is 25.9 Å². The van der Waals surface area contributed by atoms with E-state index in [-0.39, 0.29) is 6.10 Å². The first kappa shape index (κ1) is 13.8. The van der Waals surface area contributed by atoms with Gasteiger partial charge >= 0.3 is 0 Å². The molecule has 4 heteroatoms. The van der Waals surface area contributed by atoms with Crippen LogP contribution in [-0.2, 0) is 9.47 Å². The van der Waals surface area contributed by atoms with Crippen LogP contribution in [0.5, 0.6) is 0 Å². The summed E-state index contributed by atoms with van der Waals surface area (Å²) >= 11 is 0. The molecule has 4 nitrogen and oxygen atoms in total. The lowest BCUT2D eigenvalue weighted by atomic mass is 9.91. The third-order valence-electron chi connectivity index (χ3n) is 5.09. The molecule has 3 rings (SSSR count). The van der Waals surface area contributed by atoms with Gasteiger partial charge in [-0.3, -0.25) is 4.90 Å². The highest BCUT2D eigenvalue weighted by Gasteiger charge is 2.41. The summed E-state index contributed by atoms with van der Waals surface area (Å²) in [4.78, 5) is 2.67. The van der Waals surface area contributed by atoms with Crippen LogP contribution in [0.1, 0.15) is 39.0 Å². The van der Waals surface area contributed by atoms with Gasteiger partial charge in [-0.25, -0.2) is 0 Å². The molecule has 2 heterocycles. The van der Waals surface area contributed by atoms with Crippen molar-refractivity contribution in [2.24, 2.45) is 0 Å². The molecule has 2 aliphatic heterocycles. The fourth-order valence-electron chi connectivity index (χ4n) is 3.94. The maximum atomic E-state index is 5.84. The second-order valence-corrected chi connectivity index (χ2v) is 6.43. The van der Waals surface area contributed by atoms with E-state index in [9.17, 15) is 0 Å². The number of hydrogen-bond acceptors (Lipinski definition) is 4. The SMILES string of the molecule is CCC1CNC2(CCCC2)CN1CC1COCCO1.